The van der Waals surface area contributed by atoms with Crippen LogP contribution in [0.1, 0.15) is 73.7 Å². The van der Waals surface area contributed by atoms with Crippen LogP contribution in [0, 0.1) is 13.8 Å². The fourth-order valence-electron chi connectivity index (χ4n) is 6.31. The quantitative estimate of drug-likeness (QED) is 0.165. The van der Waals surface area contributed by atoms with Crippen molar-refractivity contribution in [1.82, 2.24) is 20.1 Å². The predicted octanol–water partition coefficient (Wildman–Crippen LogP) is 6.55. The van der Waals surface area contributed by atoms with Gasteiger partial charge in [-0.1, -0.05) is 31.0 Å². The third kappa shape index (κ3) is 9.32. The van der Waals surface area contributed by atoms with Gasteiger partial charge in [-0.2, -0.15) is 0 Å². The van der Waals surface area contributed by atoms with E-state index in [1.165, 1.54) is 11.3 Å². The Hall–Kier alpha value is -4.57. The van der Waals surface area contributed by atoms with E-state index in [2.05, 4.69) is 39.8 Å². The van der Waals surface area contributed by atoms with Crippen LogP contribution >= 0.6 is 0 Å². The van der Waals surface area contributed by atoms with Crippen LogP contribution in [0.25, 0.3) is 22.1 Å². The van der Waals surface area contributed by atoms with Gasteiger partial charge in [0.1, 0.15) is 11.2 Å². The van der Waals surface area contributed by atoms with Crippen molar-refractivity contribution >= 4 is 28.7 Å². The van der Waals surface area contributed by atoms with Crippen LogP contribution in [0.3, 0.4) is 0 Å². The summed E-state index contributed by atoms with van der Waals surface area (Å²) in [5.74, 6) is 0.1000. The standard InChI is InChI=1S/C39H51N5O5/c1-27-21-30(32-22-28(2)37(46)42(6)26-32)23-31-24-34(48-35(27)31)36(45)41-16-12-8-7-11-15-40-25-29-13-9-10-14-33(29)43-17-19-44(20-18-43)38(47)49-39(3,4)5/h9-10,13-14,21-24,26,40H,7-8,11-12,15-20,25H2,1-6H3,(H,41,45). The number of benzene rings is 2. The van der Waals surface area contributed by atoms with Crippen molar-refractivity contribution in [1.29, 1.82) is 0 Å². The van der Waals surface area contributed by atoms with Crippen LogP contribution in [-0.4, -0.2) is 66.3 Å². The highest BCUT2D eigenvalue weighted by Gasteiger charge is 2.26. The first-order valence-electron chi connectivity index (χ1n) is 17.4. The molecule has 0 spiro atoms. The Bertz CT molecular complexity index is 1800. The maximum Gasteiger partial charge on any atom is 0.410 e. The van der Waals surface area contributed by atoms with Gasteiger partial charge in [0.25, 0.3) is 11.5 Å². The lowest BCUT2D eigenvalue weighted by molar-refractivity contribution is 0.0240. The van der Waals surface area contributed by atoms with Crippen molar-refractivity contribution in [2.75, 3.05) is 44.2 Å². The number of unbranched alkanes of at least 4 members (excludes halogenated alkanes) is 3. The lowest BCUT2D eigenvalue weighted by Gasteiger charge is -2.37. The number of piperazine rings is 1. The van der Waals surface area contributed by atoms with Gasteiger partial charge in [-0.05, 0) is 107 Å². The molecule has 5 rings (SSSR count). The van der Waals surface area contributed by atoms with Crippen molar-refractivity contribution < 1.29 is 18.7 Å². The van der Waals surface area contributed by atoms with Gasteiger partial charge < -0.3 is 34.2 Å². The third-order valence-corrected chi connectivity index (χ3v) is 8.87. The van der Waals surface area contributed by atoms with E-state index in [0.29, 0.717) is 36.5 Å². The molecule has 0 atom stereocenters. The molecule has 49 heavy (non-hydrogen) atoms. The Labute approximate surface area is 289 Å². The Morgan fingerprint density at radius 1 is 0.878 bits per heavy atom. The van der Waals surface area contributed by atoms with Crippen LogP contribution in [0.5, 0.6) is 0 Å². The molecule has 262 valence electrons. The molecule has 1 aliphatic rings. The molecule has 10 heteroatoms. The number of anilines is 1. The fourth-order valence-corrected chi connectivity index (χ4v) is 6.31. The lowest BCUT2D eigenvalue weighted by Crippen LogP contribution is -2.50. The van der Waals surface area contributed by atoms with Crippen molar-refractivity contribution in [2.24, 2.45) is 7.05 Å². The first-order valence-corrected chi connectivity index (χ1v) is 17.4. The molecule has 1 aliphatic heterocycles. The number of pyridine rings is 1. The van der Waals surface area contributed by atoms with E-state index in [0.717, 1.165) is 73.9 Å². The number of amides is 2. The second kappa shape index (κ2) is 15.8. The number of aryl methyl sites for hydroxylation is 3. The smallest absolute Gasteiger partial charge is 0.410 e. The summed E-state index contributed by atoms with van der Waals surface area (Å²) >= 11 is 0. The van der Waals surface area contributed by atoms with E-state index in [-0.39, 0.29) is 17.6 Å². The molecule has 0 aliphatic carbocycles. The first-order chi connectivity index (χ1) is 23.4. The molecular formula is C39H51N5O5. The van der Waals surface area contributed by atoms with E-state index in [4.69, 9.17) is 9.15 Å². The number of nitrogens with zero attached hydrogens (tertiary/aromatic N) is 3. The summed E-state index contributed by atoms with van der Waals surface area (Å²) < 4.78 is 13.1. The predicted molar refractivity (Wildman–Crippen MR) is 195 cm³/mol. The molecule has 2 N–H and O–H groups in total. The van der Waals surface area contributed by atoms with Crippen molar-refractivity contribution in [2.45, 2.75) is 72.4 Å². The van der Waals surface area contributed by atoms with Gasteiger partial charge in [-0.3, -0.25) is 9.59 Å². The molecule has 0 radical (unpaired) electrons. The number of hydrogen-bond donors (Lipinski definition) is 2. The molecule has 1 fully saturated rings. The lowest BCUT2D eigenvalue weighted by atomic mass is 10.0. The van der Waals surface area contributed by atoms with E-state index < -0.39 is 5.60 Å². The summed E-state index contributed by atoms with van der Waals surface area (Å²) in [7, 11) is 1.75. The van der Waals surface area contributed by atoms with Gasteiger partial charge in [-0.25, -0.2) is 4.79 Å². The van der Waals surface area contributed by atoms with Gasteiger partial charge >= 0.3 is 6.09 Å². The number of nitrogens with one attached hydrogen (secondary N) is 2. The normalized spacial score (nSPS) is 13.6. The molecule has 0 unspecified atom stereocenters. The number of fused-ring (bicyclic) bond motifs is 1. The number of carbonyl (C=O) groups is 2. The highest BCUT2D eigenvalue weighted by Crippen LogP contribution is 2.30. The van der Waals surface area contributed by atoms with Crippen LogP contribution in [0.2, 0.25) is 0 Å². The van der Waals surface area contributed by atoms with Crippen molar-refractivity contribution in [3.05, 3.63) is 87.5 Å². The van der Waals surface area contributed by atoms with Gasteiger partial charge in [0.05, 0.1) is 0 Å². The average Bonchev–Trinajstić information content (AvgIpc) is 3.51. The summed E-state index contributed by atoms with van der Waals surface area (Å²) in [4.78, 5) is 41.6. The molecule has 10 nitrogen and oxygen atoms in total. The topological polar surface area (TPSA) is 109 Å². The molecule has 2 aromatic heterocycles. The number of aromatic nitrogens is 1. The van der Waals surface area contributed by atoms with E-state index in [9.17, 15) is 14.4 Å². The summed E-state index contributed by atoms with van der Waals surface area (Å²) in [6.07, 6.45) is 5.66. The summed E-state index contributed by atoms with van der Waals surface area (Å²) in [5, 5.41) is 7.47. The fraction of sp³-hybridized carbons (Fsp3) is 0.462. The maximum absolute atomic E-state index is 12.9. The minimum absolute atomic E-state index is 0.0111. The van der Waals surface area contributed by atoms with Gasteiger partial charge in [0.2, 0.25) is 0 Å². The number of ether oxygens (including phenoxy) is 1. The van der Waals surface area contributed by atoms with E-state index in [1.807, 2.05) is 59.0 Å². The molecular weight excluding hydrogens is 618 g/mol. The summed E-state index contributed by atoms with van der Waals surface area (Å²) in [6.45, 7) is 14.6. The van der Waals surface area contributed by atoms with Crippen molar-refractivity contribution in [3.8, 4) is 11.1 Å². The molecule has 3 heterocycles. The van der Waals surface area contributed by atoms with Crippen LogP contribution < -0.4 is 21.1 Å². The third-order valence-electron chi connectivity index (χ3n) is 8.87. The Kier molecular flexibility index (Phi) is 11.5. The number of carbonyl (C=O) groups excluding carboxylic acids is 2. The van der Waals surface area contributed by atoms with Gasteiger partial charge in [-0.15, -0.1) is 0 Å². The Morgan fingerprint density at radius 2 is 1.57 bits per heavy atom. The van der Waals surface area contributed by atoms with Crippen molar-refractivity contribution in [3.63, 3.8) is 0 Å². The van der Waals surface area contributed by atoms with E-state index >= 15 is 0 Å². The zero-order valence-electron chi connectivity index (χ0n) is 29.9. The molecule has 2 aromatic carbocycles. The van der Waals surface area contributed by atoms with Crippen LogP contribution in [0.15, 0.2) is 63.9 Å². The SMILES string of the molecule is Cc1cc(-c2cc(C)c3oc(C(=O)NCCCCCCNCc4ccccc4N4CCN(C(=O)OC(C)(C)C)CC4)cc3c2)cn(C)c1=O. The summed E-state index contributed by atoms with van der Waals surface area (Å²) in [6, 6.07) is 16.2. The Morgan fingerprint density at radius 3 is 2.29 bits per heavy atom. The molecule has 1 saturated heterocycles. The number of para-hydroxylation sites is 1. The average molecular weight is 670 g/mol. The second-order valence-corrected chi connectivity index (χ2v) is 14.1. The highest BCUT2D eigenvalue weighted by molar-refractivity contribution is 5.97. The first kappa shape index (κ1) is 35.7. The Balaban J connectivity index is 1.00. The zero-order chi connectivity index (χ0) is 35.1. The largest absolute Gasteiger partial charge is 0.451 e. The molecule has 0 bridgehead atoms. The molecule has 2 amide bonds. The molecule has 0 saturated carbocycles. The van der Waals surface area contributed by atoms with Crippen LogP contribution in [0.4, 0.5) is 10.5 Å². The maximum atomic E-state index is 12.9. The van der Waals surface area contributed by atoms with Gasteiger partial charge in [0, 0.05) is 69.2 Å². The number of hydrogen-bond acceptors (Lipinski definition) is 7. The molecule has 4 aromatic rings. The van der Waals surface area contributed by atoms with E-state index in [1.54, 1.807) is 22.6 Å². The second-order valence-electron chi connectivity index (χ2n) is 14.1. The summed E-state index contributed by atoms with van der Waals surface area (Å²) in [5.41, 5.74) is 6.23. The van der Waals surface area contributed by atoms with Crippen LogP contribution in [-0.2, 0) is 18.3 Å². The number of rotatable bonds is 12. The monoisotopic (exact) mass is 669 g/mol. The van der Waals surface area contributed by atoms with Gasteiger partial charge in [0.15, 0.2) is 5.76 Å². The number of furan rings is 1. The highest BCUT2D eigenvalue weighted by atomic mass is 16.6. The minimum Gasteiger partial charge on any atom is -0.451 e. The minimum atomic E-state index is -0.487. The zero-order valence-corrected chi connectivity index (χ0v) is 29.9.